The van der Waals surface area contributed by atoms with Crippen molar-refractivity contribution in [3.63, 3.8) is 0 Å². The Balaban J connectivity index is 1.59. The normalized spacial score (nSPS) is 11.2. The monoisotopic (exact) mass is 480 g/mol. The van der Waals surface area contributed by atoms with Crippen molar-refractivity contribution >= 4 is 40.0 Å². The van der Waals surface area contributed by atoms with Gasteiger partial charge in [0.25, 0.3) is 5.91 Å². The van der Waals surface area contributed by atoms with E-state index in [9.17, 15) is 10.1 Å². The summed E-state index contributed by atoms with van der Waals surface area (Å²) >= 11 is 6.23. The van der Waals surface area contributed by atoms with Crippen LogP contribution in [0.2, 0.25) is 5.02 Å². The molecule has 4 aromatic carbocycles. The summed E-state index contributed by atoms with van der Waals surface area (Å²) in [6, 6.07) is 27.1. The number of hydrogen-bond donors (Lipinski definition) is 1. The van der Waals surface area contributed by atoms with Crippen LogP contribution >= 0.6 is 11.6 Å². The number of anilines is 1. The number of aryl methyl sites for hydroxylation is 2. The molecule has 1 N–H and O–H groups in total. The Morgan fingerprint density at radius 1 is 1.06 bits per heavy atom. The van der Waals surface area contributed by atoms with E-state index in [1.165, 1.54) is 11.6 Å². The van der Waals surface area contributed by atoms with E-state index in [4.69, 9.17) is 16.3 Å². The fraction of sp³-hybridized carbons (Fsp3) is 0.133. The summed E-state index contributed by atoms with van der Waals surface area (Å²) < 4.78 is 6.19. The van der Waals surface area contributed by atoms with Gasteiger partial charge in [0, 0.05) is 21.8 Å². The lowest BCUT2D eigenvalue weighted by molar-refractivity contribution is -0.112. The molecule has 0 aliphatic rings. The Hall–Kier alpha value is -4.07. The number of amides is 1. The van der Waals surface area contributed by atoms with Crippen LogP contribution in [-0.4, -0.2) is 5.91 Å². The molecule has 35 heavy (non-hydrogen) atoms. The number of carbonyl (C=O) groups is 1. The summed E-state index contributed by atoms with van der Waals surface area (Å²) in [5, 5.41) is 15.2. The highest BCUT2D eigenvalue weighted by atomic mass is 35.5. The summed E-state index contributed by atoms with van der Waals surface area (Å²) in [7, 11) is 0. The topological polar surface area (TPSA) is 62.1 Å². The average Bonchev–Trinajstić information content (AvgIpc) is 2.88. The zero-order chi connectivity index (χ0) is 24.8. The molecule has 0 aliphatic carbocycles. The van der Waals surface area contributed by atoms with Crippen LogP contribution in [0.1, 0.15) is 29.2 Å². The number of fused-ring (bicyclic) bond motifs is 1. The third-order valence-electron chi connectivity index (χ3n) is 5.90. The number of halogens is 1. The molecule has 0 aromatic heterocycles. The van der Waals surface area contributed by atoms with Gasteiger partial charge in [-0.25, -0.2) is 0 Å². The van der Waals surface area contributed by atoms with Crippen molar-refractivity contribution in [2.24, 2.45) is 0 Å². The number of benzene rings is 4. The van der Waals surface area contributed by atoms with Gasteiger partial charge in [0.05, 0.1) is 0 Å². The van der Waals surface area contributed by atoms with E-state index >= 15 is 0 Å². The Kier molecular flexibility index (Phi) is 7.50. The van der Waals surface area contributed by atoms with Crippen molar-refractivity contribution in [3.8, 4) is 11.8 Å². The van der Waals surface area contributed by atoms with E-state index in [0.717, 1.165) is 28.3 Å². The quantitative estimate of drug-likeness (QED) is 0.220. The number of nitrogens with one attached hydrogen (secondary N) is 1. The van der Waals surface area contributed by atoms with Gasteiger partial charge in [-0.15, -0.1) is 0 Å². The minimum absolute atomic E-state index is 0.0435. The van der Waals surface area contributed by atoms with Crippen molar-refractivity contribution in [1.29, 1.82) is 5.26 Å². The van der Waals surface area contributed by atoms with E-state index in [1.54, 1.807) is 18.2 Å². The van der Waals surface area contributed by atoms with Gasteiger partial charge in [0.2, 0.25) is 0 Å². The maximum absolute atomic E-state index is 12.8. The second-order valence-corrected chi connectivity index (χ2v) is 8.66. The molecule has 0 saturated carbocycles. The molecule has 4 aromatic rings. The highest BCUT2D eigenvalue weighted by Crippen LogP contribution is 2.29. The zero-order valence-electron chi connectivity index (χ0n) is 19.6. The Morgan fingerprint density at radius 3 is 2.57 bits per heavy atom. The Labute approximate surface area is 210 Å². The summed E-state index contributed by atoms with van der Waals surface area (Å²) in [5.74, 6) is 0.0437. The number of nitriles is 1. The first-order valence-electron chi connectivity index (χ1n) is 11.4. The van der Waals surface area contributed by atoms with Crippen molar-refractivity contribution < 1.29 is 9.53 Å². The predicted molar refractivity (Wildman–Crippen MR) is 143 cm³/mol. The minimum atomic E-state index is -0.493. The molecule has 0 heterocycles. The second-order valence-electron chi connectivity index (χ2n) is 8.23. The van der Waals surface area contributed by atoms with E-state index in [0.29, 0.717) is 28.6 Å². The largest absolute Gasteiger partial charge is 0.488 e. The molecule has 0 radical (unpaired) electrons. The SMILES string of the molecule is CCc1ccc(NC(=O)/C(C#N)=C/c2cc(Cl)ccc2OCc2c(C)ccc3ccccc23)cc1. The van der Waals surface area contributed by atoms with E-state index < -0.39 is 5.91 Å². The number of ether oxygens (including phenoxy) is 1. The van der Waals surface area contributed by atoms with Gasteiger partial charge in [-0.05, 0) is 71.7 Å². The Bertz CT molecular complexity index is 1450. The third-order valence-corrected chi connectivity index (χ3v) is 6.14. The number of hydrogen-bond acceptors (Lipinski definition) is 3. The van der Waals surface area contributed by atoms with Crippen LogP contribution in [0.4, 0.5) is 5.69 Å². The average molecular weight is 481 g/mol. The minimum Gasteiger partial charge on any atom is -0.488 e. The molecular formula is C30H25ClN2O2. The summed E-state index contributed by atoms with van der Waals surface area (Å²) in [6.07, 6.45) is 2.42. The molecule has 174 valence electrons. The van der Waals surface area contributed by atoms with Crippen LogP contribution < -0.4 is 10.1 Å². The molecule has 0 spiro atoms. The molecule has 5 heteroatoms. The highest BCUT2D eigenvalue weighted by Gasteiger charge is 2.13. The van der Waals surface area contributed by atoms with Crippen LogP contribution in [0.5, 0.6) is 5.75 Å². The highest BCUT2D eigenvalue weighted by molar-refractivity contribution is 6.30. The third kappa shape index (κ3) is 5.71. The second kappa shape index (κ2) is 10.9. The number of rotatable bonds is 7. The van der Waals surface area contributed by atoms with Gasteiger partial charge >= 0.3 is 0 Å². The molecule has 4 nitrogen and oxygen atoms in total. The van der Waals surface area contributed by atoms with Crippen LogP contribution in [-0.2, 0) is 17.8 Å². The number of carbonyl (C=O) groups excluding carboxylic acids is 1. The van der Waals surface area contributed by atoms with Crippen LogP contribution in [0.3, 0.4) is 0 Å². The maximum Gasteiger partial charge on any atom is 0.266 e. The molecule has 0 fully saturated rings. The molecule has 0 bridgehead atoms. The molecule has 0 saturated heterocycles. The van der Waals surface area contributed by atoms with E-state index in [2.05, 4.69) is 43.4 Å². The predicted octanol–water partition coefficient (Wildman–Crippen LogP) is 7.49. The van der Waals surface area contributed by atoms with Crippen molar-refractivity contribution in [2.45, 2.75) is 26.9 Å². The smallest absolute Gasteiger partial charge is 0.266 e. The van der Waals surface area contributed by atoms with Gasteiger partial charge in [0.15, 0.2) is 0 Å². The van der Waals surface area contributed by atoms with Crippen molar-refractivity contribution in [1.82, 2.24) is 0 Å². The van der Waals surface area contributed by atoms with Crippen LogP contribution in [0.25, 0.3) is 16.8 Å². The standard InChI is InChI=1S/C30H25ClN2O2/c1-3-21-9-13-26(14-10-21)33-30(34)24(18-32)16-23-17-25(31)12-15-29(23)35-19-28-20(2)8-11-22-6-4-5-7-27(22)28/h4-17H,3,19H2,1-2H3,(H,33,34)/b24-16+. The molecular weight excluding hydrogens is 456 g/mol. The lowest BCUT2D eigenvalue weighted by Gasteiger charge is -2.14. The van der Waals surface area contributed by atoms with Crippen molar-refractivity contribution in [3.05, 3.63) is 112 Å². The Morgan fingerprint density at radius 2 is 1.83 bits per heavy atom. The van der Waals surface area contributed by atoms with Gasteiger partial charge in [0.1, 0.15) is 24.0 Å². The van der Waals surface area contributed by atoms with E-state index in [1.807, 2.05) is 42.5 Å². The van der Waals surface area contributed by atoms with Gasteiger partial charge < -0.3 is 10.1 Å². The fourth-order valence-electron chi connectivity index (χ4n) is 3.88. The molecule has 0 unspecified atom stereocenters. The lowest BCUT2D eigenvalue weighted by Crippen LogP contribution is -2.13. The van der Waals surface area contributed by atoms with Gasteiger partial charge in [-0.2, -0.15) is 5.26 Å². The first-order chi connectivity index (χ1) is 17.0. The first-order valence-corrected chi connectivity index (χ1v) is 11.8. The molecule has 1 amide bonds. The summed E-state index contributed by atoms with van der Waals surface area (Å²) in [5.41, 5.74) is 4.52. The molecule has 0 aliphatic heterocycles. The fourth-order valence-corrected chi connectivity index (χ4v) is 4.06. The molecule has 4 rings (SSSR count). The first kappa shape index (κ1) is 24.1. The summed E-state index contributed by atoms with van der Waals surface area (Å²) in [4.78, 5) is 12.8. The maximum atomic E-state index is 12.8. The lowest BCUT2D eigenvalue weighted by atomic mass is 10.0. The van der Waals surface area contributed by atoms with Crippen LogP contribution in [0.15, 0.2) is 84.4 Å². The van der Waals surface area contributed by atoms with Gasteiger partial charge in [-0.1, -0.05) is 67.1 Å². The van der Waals surface area contributed by atoms with Crippen LogP contribution in [0, 0.1) is 18.3 Å². The molecule has 0 atom stereocenters. The zero-order valence-corrected chi connectivity index (χ0v) is 20.4. The number of nitrogens with zero attached hydrogens (tertiary/aromatic N) is 1. The van der Waals surface area contributed by atoms with E-state index in [-0.39, 0.29) is 5.57 Å². The summed E-state index contributed by atoms with van der Waals surface area (Å²) in [6.45, 7) is 4.46. The van der Waals surface area contributed by atoms with Crippen molar-refractivity contribution in [2.75, 3.05) is 5.32 Å². The van der Waals surface area contributed by atoms with Gasteiger partial charge in [-0.3, -0.25) is 4.79 Å².